The zero-order valence-corrected chi connectivity index (χ0v) is 12.7. The summed E-state index contributed by atoms with van der Waals surface area (Å²) in [6, 6.07) is 9.10. The van der Waals surface area contributed by atoms with Crippen LogP contribution in [0.2, 0.25) is 0 Å². The summed E-state index contributed by atoms with van der Waals surface area (Å²) in [5.74, 6) is 0.809. The minimum absolute atomic E-state index is 0.0495. The largest absolute Gasteiger partial charge is 0.496 e. The van der Waals surface area contributed by atoms with E-state index in [2.05, 4.69) is 0 Å². The molecule has 0 saturated carbocycles. The highest BCUT2D eigenvalue weighted by atomic mass is 16.6. The number of nitro groups is 1. The Labute approximate surface area is 132 Å². The Bertz CT molecular complexity index is 816. The van der Waals surface area contributed by atoms with Crippen molar-refractivity contribution < 1.29 is 14.1 Å². The van der Waals surface area contributed by atoms with E-state index >= 15 is 0 Å². The maximum Gasteiger partial charge on any atom is 0.339 e. The highest BCUT2D eigenvalue weighted by molar-refractivity contribution is 5.60. The lowest BCUT2D eigenvalue weighted by Gasteiger charge is -1.99. The average molecular weight is 313 g/mol. The number of nitrogens with zero attached hydrogens (tertiary/aromatic N) is 1. The number of nitro benzene ring substituents is 1. The summed E-state index contributed by atoms with van der Waals surface area (Å²) in [5, 5.41) is 10.6. The number of allylic oxidation sites excluding steroid dienone is 2. The Morgan fingerprint density at radius 3 is 2.57 bits per heavy atom. The fourth-order valence-electron chi connectivity index (χ4n) is 1.89. The van der Waals surface area contributed by atoms with E-state index in [1.165, 1.54) is 25.3 Å². The Kier molecular flexibility index (Phi) is 5.09. The lowest BCUT2D eigenvalue weighted by atomic mass is 10.1. The van der Waals surface area contributed by atoms with E-state index in [-0.39, 0.29) is 5.69 Å². The number of ether oxygens (including phenoxy) is 1. The SMILES string of the molecule is COc1cc(/C=C/C(C)=C/c2ccc([N+](=O)[O-])cc2)oc(=O)c1. The van der Waals surface area contributed by atoms with Gasteiger partial charge in [0, 0.05) is 18.2 Å². The number of rotatable bonds is 5. The molecule has 0 saturated heterocycles. The van der Waals surface area contributed by atoms with Crippen LogP contribution in [0.25, 0.3) is 12.2 Å². The Morgan fingerprint density at radius 2 is 1.96 bits per heavy atom. The minimum Gasteiger partial charge on any atom is -0.496 e. The molecule has 6 nitrogen and oxygen atoms in total. The van der Waals surface area contributed by atoms with Crippen molar-refractivity contribution >= 4 is 17.8 Å². The standard InChI is InChI=1S/C17H15NO5/c1-12(9-13-4-6-14(7-5-13)18(20)21)3-8-15-10-16(22-2)11-17(19)23-15/h3-11H,1-2H3/b8-3+,12-9+. The van der Waals surface area contributed by atoms with Gasteiger partial charge in [0.05, 0.1) is 18.1 Å². The van der Waals surface area contributed by atoms with Crippen LogP contribution >= 0.6 is 0 Å². The maximum atomic E-state index is 11.3. The quantitative estimate of drug-likeness (QED) is 0.478. The van der Waals surface area contributed by atoms with Crippen molar-refractivity contribution in [1.29, 1.82) is 0 Å². The van der Waals surface area contributed by atoms with E-state index in [1.54, 1.807) is 30.4 Å². The molecule has 0 amide bonds. The van der Waals surface area contributed by atoms with Gasteiger partial charge in [0.25, 0.3) is 5.69 Å². The number of non-ortho nitro benzene ring substituents is 1. The van der Waals surface area contributed by atoms with Crippen LogP contribution in [0.5, 0.6) is 5.75 Å². The molecule has 6 heteroatoms. The molecule has 1 aromatic carbocycles. The van der Waals surface area contributed by atoms with Gasteiger partial charge in [-0.2, -0.15) is 0 Å². The molecule has 0 aliphatic rings. The highest BCUT2D eigenvalue weighted by Gasteiger charge is 2.02. The summed E-state index contributed by atoms with van der Waals surface area (Å²) in [6.45, 7) is 1.87. The first kappa shape index (κ1) is 16.2. The van der Waals surface area contributed by atoms with Crippen LogP contribution in [0.15, 0.2) is 57.3 Å². The van der Waals surface area contributed by atoms with E-state index in [0.717, 1.165) is 11.1 Å². The first-order valence-corrected chi connectivity index (χ1v) is 6.78. The molecule has 23 heavy (non-hydrogen) atoms. The van der Waals surface area contributed by atoms with Gasteiger partial charge in [-0.3, -0.25) is 10.1 Å². The van der Waals surface area contributed by atoms with Gasteiger partial charge >= 0.3 is 5.63 Å². The zero-order chi connectivity index (χ0) is 16.8. The van der Waals surface area contributed by atoms with Crippen LogP contribution in [0.3, 0.4) is 0 Å². The van der Waals surface area contributed by atoms with Gasteiger partial charge < -0.3 is 9.15 Å². The van der Waals surface area contributed by atoms with E-state index in [0.29, 0.717) is 11.5 Å². The molecule has 0 unspecified atom stereocenters. The number of hydrogen-bond donors (Lipinski definition) is 0. The fraction of sp³-hybridized carbons (Fsp3) is 0.118. The van der Waals surface area contributed by atoms with Crippen LogP contribution < -0.4 is 10.4 Å². The smallest absolute Gasteiger partial charge is 0.339 e. The van der Waals surface area contributed by atoms with Gasteiger partial charge in [-0.15, -0.1) is 0 Å². The first-order valence-electron chi connectivity index (χ1n) is 6.78. The van der Waals surface area contributed by atoms with Gasteiger partial charge in [0.15, 0.2) is 0 Å². The van der Waals surface area contributed by atoms with Crippen molar-refractivity contribution in [3.8, 4) is 5.75 Å². The molecule has 0 bridgehead atoms. The third-order valence-electron chi connectivity index (χ3n) is 3.01. The third-order valence-corrected chi connectivity index (χ3v) is 3.01. The van der Waals surface area contributed by atoms with Crippen molar-refractivity contribution in [2.45, 2.75) is 6.92 Å². The summed E-state index contributed by atoms with van der Waals surface area (Å²) >= 11 is 0. The average Bonchev–Trinajstić information content (AvgIpc) is 2.53. The molecule has 1 heterocycles. The number of benzene rings is 1. The second kappa shape index (κ2) is 7.22. The molecular weight excluding hydrogens is 298 g/mol. The maximum absolute atomic E-state index is 11.3. The zero-order valence-electron chi connectivity index (χ0n) is 12.7. The van der Waals surface area contributed by atoms with Crippen LogP contribution in [-0.4, -0.2) is 12.0 Å². The molecule has 0 atom stereocenters. The first-order chi connectivity index (χ1) is 11.0. The normalized spacial score (nSPS) is 11.7. The minimum atomic E-state index is -0.485. The van der Waals surface area contributed by atoms with Gasteiger partial charge in [-0.1, -0.05) is 17.7 Å². The molecule has 0 spiro atoms. The molecule has 0 radical (unpaired) electrons. The predicted molar refractivity (Wildman–Crippen MR) is 87.3 cm³/mol. The molecule has 1 aromatic heterocycles. The Balaban J connectivity index is 2.17. The third kappa shape index (κ3) is 4.67. The van der Waals surface area contributed by atoms with Crippen molar-refractivity contribution in [2.24, 2.45) is 0 Å². The van der Waals surface area contributed by atoms with Crippen LogP contribution in [-0.2, 0) is 0 Å². The van der Waals surface area contributed by atoms with E-state index in [4.69, 9.17) is 9.15 Å². The van der Waals surface area contributed by atoms with Crippen molar-refractivity contribution in [3.63, 3.8) is 0 Å². The summed E-state index contributed by atoms with van der Waals surface area (Å²) in [5.41, 5.74) is 1.30. The van der Waals surface area contributed by atoms with E-state index in [1.807, 2.05) is 13.0 Å². The number of methoxy groups -OCH3 is 1. The Morgan fingerprint density at radius 1 is 1.26 bits per heavy atom. The molecule has 0 aliphatic carbocycles. The molecule has 2 rings (SSSR count). The molecule has 2 aromatic rings. The molecular formula is C17H15NO5. The number of hydrogen-bond acceptors (Lipinski definition) is 5. The van der Waals surface area contributed by atoms with Crippen molar-refractivity contribution in [1.82, 2.24) is 0 Å². The lowest BCUT2D eigenvalue weighted by molar-refractivity contribution is -0.384. The van der Waals surface area contributed by atoms with Crippen molar-refractivity contribution in [2.75, 3.05) is 7.11 Å². The lowest BCUT2D eigenvalue weighted by Crippen LogP contribution is -1.98. The topological polar surface area (TPSA) is 82.6 Å². The van der Waals surface area contributed by atoms with Gasteiger partial charge in [-0.05, 0) is 30.7 Å². The van der Waals surface area contributed by atoms with Gasteiger partial charge in [0.2, 0.25) is 0 Å². The summed E-state index contributed by atoms with van der Waals surface area (Å²) in [6.07, 6.45) is 5.29. The van der Waals surface area contributed by atoms with Crippen LogP contribution in [0.4, 0.5) is 5.69 Å². The predicted octanol–water partition coefficient (Wildman–Crippen LogP) is 3.67. The molecule has 0 fully saturated rings. The van der Waals surface area contributed by atoms with Gasteiger partial charge in [0.1, 0.15) is 11.5 Å². The summed E-state index contributed by atoms with van der Waals surface area (Å²) in [7, 11) is 1.47. The van der Waals surface area contributed by atoms with E-state index in [9.17, 15) is 14.9 Å². The second-order valence-electron chi connectivity index (χ2n) is 4.79. The van der Waals surface area contributed by atoms with Crippen molar-refractivity contribution in [3.05, 3.63) is 79.9 Å². The van der Waals surface area contributed by atoms with Crippen LogP contribution in [0, 0.1) is 10.1 Å². The molecule has 118 valence electrons. The highest BCUT2D eigenvalue weighted by Crippen LogP contribution is 2.16. The van der Waals surface area contributed by atoms with Crippen LogP contribution in [0.1, 0.15) is 18.2 Å². The molecule has 0 aliphatic heterocycles. The second-order valence-corrected chi connectivity index (χ2v) is 4.79. The monoisotopic (exact) mass is 313 g/mol. The van der Waals surface area contributed by atoms with Gasteiger partial charge in [-0.25, -0.2) is 4.79 Å². The summed E-state index contributed by atoms with van der Waals surface area (Å²) < 4.78 is 10.0. The van der Waals surface area contributed by atoms with E-state index < -0.39 is 10.5 Å². The summed E-state index contributed by atoms with van der Waals surface area (Å²) in [4.78, 5) is 21.5. The Hall–Kier alpha value is -3.15. The molecule has 0 N–H and O–H groups in total. The fourth-order valence-corrected chi connectivity index (χ4v) is 1.89.